The molecule has 0 bridgehead atoms. The molecule has 6 heteroatoms. The van der Waals surface area contributed by atoms with Gasteiger partial charge in [-0.2, -0.15) is 0 Å². The maximum Gasteiger partial charge on any atom is 0.305 e. The van der Waals surface area contributed by atoms with Crippen LogP contribution >= 0.6 is 0 Å². The second-order valence-electron chi connectivity index (χ2n) is 2.47. The molecule has 0 aromatic carbocycles. The van der Waals surface area contributed by atoms with E-state index in [1.54, 1.807) is 6.92 Å². The Morgan fingerprint density at radius 2 is 1.80 bits per heavy atom. The zero-order valence-corrected chi connectivity index (χ0v) is 9.24. The molecule has 0 fully saturated rings. The van der Waals surface area contributed by atoms with E-state index in [0.717, 1.165) is 0 Å². The van der Waals surface area contributed by atoms with Crippen molar-refractivity contribution in [2.24, 2.45) is 5.73 Å². The van der Waals surface area contributed by atoms with Crippen molar-refractivity contribution in [1.29, 1.82) is 0 Å². The molecule has 0 heterocycles. The molecule has 15 heavy (non-hydrogen) atoms. The van der Waals surface area contributed by atoms with Gasteiger partial charge in [-0.1, -0.05) is 20.8 Å². The summed E-state index contributed by atoms with van der Waals surface area (Å²) in [6, 6.07) is -1.12. The highest BCUT2D eigenvalue weighted by atomic mass is 16.4. The van der Waals surface area contributed by atoms with Gasteiger partial charge in [0.25, 0.3) is 0 Å². The van der Waals surface area contributed by atoms with Crippen LogP contribution in [0, 0.1) is 0 Å². The van der Waals surface area contributed by atoms with Gasteiger partial charge in [0.15, 0.2) is 0 Å². The van der Waals surface area contributed by atoms with Crippen molar-refractivity contribution in [3.8, 4) is 0 Å². The van der Waals surface area contributed by atoms with Gasteiger partial charge in [-0.15, -0.1) is 0 Å². The summed E-state index contributed by atoms with van der Waals surface area (Å²) >= 11 is 0. The first-order valence-corrected chi connectivity index (χ1v) is 4.77. The Kier molecular flexibility index (Phi) is 9.50. The van der Waals surface area contributed by atoms with Crippen LogP contribution in [-0.4, -0.2) is 28.9 Å². The number of carboxylic acids is 1. The summed E-state index contributed by atoms with van der Waals surface area (Å²) in [5, 5.41) is 10.6. The lowest BCUT2D eigenvalue weighted by molar-refractivity contribution is -0.140. The molecule has 0 saturated heterocycles. The fourth-order valence-electron chi connectivity index (χ4n) is 0.694. The number of amides is 2. The van der Waals surface area contributed by atoms with Crippen molar-refractivity contribution >= 4 is 17.8 Å². The molecular weight excluding hydrogens is 200 g/mol. The number of hydrogen-bond donors (Lipinski definition) is 3. The van der Waals surface area contributed by atoms with Crippen LogP contribution in [0.3, 0.4) is 0 Å². The number of carbonyl (C=O) groups excluding carboxylic acids is 2. The Balaban J connectivity index is 0. The first kappa shape index (κ1) is 15.9. The first-order valence-electron chi connectivity index (χ1n) is 4.77. The third-order valence-corrected chi connectivity index (χ3v) is 1.38. The predicted octanol–water partition coefficient (Wildman–Crippen LogP) is -0.133. The maximum atomic E-state index is 10.8. The highest BCUT2D eigenvalue weighted by Crippen LogP contribution is 1.92. The second kappa shape index (κ2) is 8.98. The Bertz CT molecular complexity index is 228. The molecule has 0 saturated carbocycles. The van der Waals surface area contributed by atoms with Crippen LogP contribution in [0.2, 0.25) is 0 Å². The van der Waals surface area contributed by atoms with E-state index in [-0.39, 0.29) is 6.42 Å². The lowest BCUT2D eigenvalue weighted by Gasteiger charge is -2.11. The molecule has 0 spiro atoms. The number of aliphatic carboxylic acids is 1. The third-order valence-electron chi connectivity index (χ3n) is 1.38. The molecule has 2 amide bonds. The average molecular weight is 218 g/mol. The molecule has 1 unspecified atom stereocenters. The minimum atomic E-state index is -1.18. The van der Waals surface area contributed by atoms with Crippen molar-refractivity contribution in [2.45, 2.75) is 39.7 Å². The van der Waals surface area contributed by atoms with Gasteiger partial charge in [0.1, 0.15) is 6.04 Å². The molecule has 0 aliphatic carbocycles. The number of rotatable bonds is 5. The molecule has 6 nitrogen and oxygen atoms in total. The van der Waals surface area contributed by atoms with Crippen molar-refractivity contribution in [1.82, 2.24) is 5.32 Å². The molecule has 0 aliphatic heterocycles. The molecule has 0 aromatic heterocycles. The van der Waals surface area contributed by atoms with E-state index >= 15 is 0 Å². The van der Waals surface area contributed by atoms with E-state index < -0.39 is 30.2 Å². The van der Waals surface area contributed by atoms with Gasteiger partial charge in [-0.3, -0.25) is 14.4 Å². The lowest BCUT2D eigenvalue weighted by Crippen LogP contribution is -2.45. The molecule has 0 rings (SSSR count). The van der Waals surface area contributed by atoms with Crippen LogP contribution in [0.25, 0.3) is 0 Å². The van der Waals surface area contributed by atoms with Crippen molar-refractivity contribution in [3.63, 3.8) is 0 Å². The minimum Gasteiger partial charge on any atom is -0.481 e. The van der Waals surface area contributed by atoms with Gasteiger partial charge in [-0.25, -0.2) is 0 Å². The number of primary amides is 1. The van der Waals surface area contributed by atoms with Crippen molar-refractivity contribution < 1.29 is 19.5 Å². The van der Waals surface area contributed by atoms with E-state index in [4.69, 9.17) is 10.8 Å². The normalized spacial score (nSPS) is 10.6. The molecular formula is C9H18N2O4. The molecule has 0 radical (unpaired) electrons. The number of hydrogen-bond acceptors (Lipinski definition) is 3. The Labute approximate surface area is 88.8 Å². The summed E-state index contributed by atoms with van der Waals surface area (Å²) in [6.45, 7) is 5.59. The summed E-state index contributed by atoms with van der Waals surface area (Å²) in [6.07, 6.45) is -0.301. The number of nitrogens with two attached hydrogens (primary N) is 1. The quantitative estimate of drug-likeness (QED) is 0.596. The van der Waals surface area contributed by atoms with Crippen LogP contribution in [0.15, 0.2) is 0 Å². The van der Waals surface area contributed by atoms with Crippen molar-refractivity contribution in [3.05, 3.63) is 0 Å². The van der Waals surface area contributed by atoms with Gasteiger partial charge in [0.2, 0.25) is 11.8 Å². The van der Waals surface area contributed by atoms with E-state index in [0.29, 0.717) is 0 Å². The summed E-state index contributed by atoms with van der Waals surface area (Å²) < 4.78 is 0. The maximum absolute atomic E-state index is 10.8. The summed E-state index contributed by atoms with van der Waals surface area (Å²) in [5.41, 5.74) is 4.87. The van der Waals surface area contributed by atoms with Gasteiger partial charge >= 0.3 is 5.97 Å². The summed E-state index contributed by atoms with van der Waals surface area (Å²) in [4.78, 5) is 31.7. The fraction of sp³-hybridized carbons (Fsp3) is 0.667. The zero-order chi connectivity index (χ0) is 12.4. The summed E-state index contributed by atoms with van der Waals surface area (Å²) in [7, 11) is 0. The first-order chi connectivity index (χ1) is 6.97. The van der Waals surface area contributed by atoms with Gasteiger partial charge < -0.3 is 16.2 Å². The molecule has 0 aliphatic rings. The predicted molar refractivity (Wildman–Crippen MR) is 55.0 cm³/mol. The topological polar surface area (TPSA) is 109 Å². The Morgan fingerprint density at radius 3 is 2.07 bits per heavy atom. The van der Waals surface area contributed by atoms with Crippen LogP contribution < -0.4 is 11.1 Å². The second-order valence-corrected chi connectivity index (χ2v) is 2.47. The number of carbonyl (C=O) groups is 3. The molecule has 4 N–H and O–H groups in total. The van der Waals surface area contributed by atoms with Crippen LogP contribution in [0.4, 0.5) is 0 Å². The minimum absolute atomic E-state index is 0.184. The van der Waals surface area contributed by atoms with Crippen LogP contribution in [-0.2, 0) is 14.4 Å². The number of nitrogens with one attached hydrogen (secondary N) is 1. The highest BCUT2D eigenvalue weighted by Gasteiger charge is 2.20. The SMILES string of the molecule is CC.CCC(=O)NC(CC(=O)O)C(N)=O. The largest absolute Gasteiger partial charge is 0.481 e. The summed E-state index contributed by atoms with van der Waals surface area (Å²) in [5.74, 6) is -2.42. The average Bonchev–Trinajstić information content (AvgIpc) is 2.18. The van der Waals surface area contributed by atoms with E-state index in [9.17, 15) is 14.4 Å². The lowest BCUT2D eigenvalue weighted by atomic mass is 10.2. The molecule has 88 valence electrons. The Morgan fingerprint density at radius 1 is 1.33 bits per heavy atom. The van der Waals surface area contributed by atoms with Gasteiger partial charge in [0, 0.05) is 6.42 Å². The van der Waals surface area contributed by atoms with E-state index in [1.165, 1.54) is 0 Å². The van der Waals surface area contributed by atoms with E-state index in [1.807, 2.05) is 13.8 Å². The van der Waals surface area contributed by atoms with Gasteiger partial charge in [-0.05, 0) is 0 Å². The van der Waals surface area contributed by atoms with Crippen molar-refractivity contribution in [2.75, 3.05) is 0 Å². The monoisotopic (exact) mass is 218 g/mol. The zero-order valence-electron chi connectivity index (χ0n) is 9.24. The molecule has 1 atom stereocenters. The third kappa shape index (κ3) is 8.73. The number of carboxylic acid groups (broad SMARTS) is 1. The fourth-order valence-corrected chi connectivity index (χ4v) is 0.694. The highest BCUT2D eigenvalue weighted by molar-refractivity contribution is 5.89. The van der Waals surface area contributed by atoms with E-state index in [2.05, 4.69) is 5.32 Å². The van der Waals surface area contributed by atoms with Gasteiger partial charge in [0.05, 0.1) is 6.42 Å². The molecule has 0 aromatic rings. The van der Waals surface area contributed by atoms with Crippen LogP contribution in [0.5, 0.6) is 0 Å². The standard InChI is InChI=1S/C7H12N2O4.C2H6/c1-2-5(10)9-4(7(8)13)3-6(11)12;1-2/h4H,2-3H2,1H3,(H2,8,13)(H,9,10)(H,11,12);1-2H3. The Hall–Kier alpha value is -1.59. The smallest absolute Gasteiger partial charge is 0.305 e. The van der Waals surface area contributed by atoms with Crippen LogP contribution in [0.1, 0.15) is 33.6 Å².